The summed E-state index contributed by atoms with van der Waals surface area (Å²) in [5, 5.41) is 5.39. The van der Waals surface area contributed by atoms with E-state index in [4.69, 9.17) is 10.5 Å². The Balaban J connectivity index is 1.59. The molecular weight excluding hydrogens is 282 g/mol. The van der Waals surface area contributed by atoms with Gasteiger partial charge in [0.05, 0.1) is 12.6 Å². The van der Waals surface area contributed by atoms with E-state index in [0.29, 0.717) is 19.1 Å². The van der Waals surface area contributed by atoms with E-state index < -0.39 is 0 Å². The summed E-state index contributed by atoms with van der Waals surface area (Å²) in [7, 11) is 0. The zero-order chi connectivity index (χ0) is 14.5. The lowest BCUT2D eigenvalue weighted by Crippen LogP contribution is -2.37. The van der Waals surface area contributed by atoms with Crippen molar-refractivity contribution in [1.82, 2.24) is 5.32 Å². The molecule has 1 unspecified atom stereocenters. The molecule has 1 atom stereocenters. The molecule has 0 saturated heterocycles. The Morgan fingerprint density at radius 3 is 3.10 bits per heavy atom. The Morgan fingerprint density at radius 2 is 2.24 bits per heavy atom. The highest BCUT2D eigenvalue weighted by Gasteiger charge is 2.20. The second kappa shape index (κ2) is 6.63. The summed E-state index contributed by atoms with van der Waals surface area (Å²) in [5.41, 5.74) is 7.16. The zero-order valence-corrected chi connectivity index (χ0v) is 12.6. The Kier molecular flexibility index (Phi) is 4.40. The first-order valence-electron chi connectivity index (χ1n) is 7.13. The number of guanidine groups is 1. The van der Waals surface area contributed by atoms with Crippen LogP contribution in [0.3, 0.4) is 0 Å². The molecule has 0 spiro atoms. The van der Waals surface area contributed by atoms with Gasteiger partial charge in [0, 0.05) is 29.8 Å². The molecule has 1 aromatic heterocycles. The van der Waals surface area contributed by atoms with Crippen LogP contribution in [0.5, 0.6) is 5.75 Å². The summed E-state index contributed by atoms with van der Waals surface area (Å²) in [6.07, 6.45) is 1.84. The molecule has 1 aliphatic heterocycles. The lowest BCUT2D eigenvalue weighted by molar-refractivity contribution is 0.262. The predicted octanol–water partition coefficient (Wildman–Crippen LogP) is 2.72. The highest BCUT2D eigenvalue weighted by atomic mass is 32.1. The summed E-state index contributed by atoms with van der Waals surface area (Å²) in [4.78, 5) is 5.75. The van der Waals surface area contributed by atoms with Crippen molar-refractivity contribution in [1.29, 1.82) is 0 Å². The minimum Gasteiger partial charge on any atom is -0.493 e. The number of hydrogen-bond acceptors (Lipinski definition) is 3. The molecule has 5 heteroatoms. The van der Waals surface area contributed by atoms with Gasteiger partial charge < -0.3 is 15.8 Å². The number of nitrogens with one attached hydrogen (secondary N) is 1. The maximum absolute atomic E-state index is 6.00. The van der Waals surface area contributed by atoms with Crippen LogP contribution in [-0.4, -0.2) is 19.1 Å². The van der Waals surface area contributed by atoms with Gasteiger partial charge in [0.2, 0.25) is 0 Å². The maximum Gasteiger partial charge on any atom is 0.189 e. The molecule has 0 amide bonds. The van der Waals surface area contributed by atoms with Crippen molar-refractivity contribution < 1.29 is 4.74 Å². The Labute approximate surface area is 128 Å². The van der Waals surface area contributed by atoms with E-state index in [1.54, 1.807) is 11.3 Å². The summed E-state index contributed by atoms with van der Waals surface area (Å²) in [6, 6.07) is 12.4. The molecule has 3 rings (SSSR count). The van der Waals surface area contributed by atoms with Crippen LogP contribution in [0.25, 0.3) is 0 Å². The first-order chi connectivity index (χ1) is 10.3. The van der Waals surface area contributed by atoms with E-state index >= 15 is 0 Å². The fraction of sp³-hybridized carbons (Fsp3) is 0.312. The Bertz CT molecular complexity index is 610. The molecule has 0 bridgehead atoms. The maximum atomic E-state index is 6.00. The van der Waals surface area contributed by atoms with E-state index in [2.05, 4.69) is 33.9 Å². The van der Waals surface area contributed by atoms with Crippen molar-refractivity contribution in [2.45, 2.75) is 18.9 Å². The quantitative estimate of drug-likeness (QED) is 0.674. The van der Waals surface area contributed by atoms with Gasteiger partial charge in [0.15, 0.2) is 5.96 Å². The highest BCUT2D eigenvalue weighted by Crippen LogP contribution is 2.31. The molecule has 2 aromatic rings. The molecular formula is C16H19N3OS. The van der Waals surface area contributed by atoms with Gasteiger partial charge in [0.25, 0.3) is 0 Å². The van der Waals surface area contributed by atoms with Crippen LogP contribution in [0.2, 0.25) is 0 Å². The average molecular weight is 301 g/mol. The third-order valence-electron chi connectivity index (χ3n) is 3.50. The number of benzene rings is 1. The number of rotatable bonds is 4. The van der Waals surface area contributed by atoms with Crippen molar-refractivity contribution in [3.8, 4) is 5.75 Å². The monoisotopic (exact) mass is 301 g/mol. The summed E-state index contributed by atoms with van der Waals surface area (Å²) in [6.45, 7) is 1.42. The summed E-state index contributed by atoms with van der Waals surface area (Å²) >= 11 is 1.75. The topological polar surface area (TPSA) is 59.6 Å². The van der Waals surface area contributed by atoms with Crippen LogP contribution in [-0.2, 0) is 6.42 Å². The van der Waals surface area contributed by atoms with Gasteiger partial charge in [-0.05, 0) is 17.5 Å². The fourth-order valence-electron chi connectivity index (χ4n) is 2.46. The first-order valence-corrected chi connectivity index (χ1v) is 8.01. The third-order valence-corrected chi connectivity index (χ3v) is 4.44. The smallest absolute Gasteiger partial charge is 0.189 e. The lowest BCUT2D eigenvalue weighted by Gasteiger charge is -2.26. The molecule has 21 heavy (non-hydrogen) atoms. The van der Waals surface area contributed by atoms with E-state index in [-0.39, 0.29) is 6.04 Å². The van der Waals surface area contributed by atoms with E-state index in [1.807, 2.05) is 18.2 Å². The number of fused-ring (bicyclic) bond motifs is 1. The molecule has 2 heterocycles. The van der Waals surface area contributed by atoms with Crippen LogP contribution in [0.1, 0.15) is 22.9 Å². The molecule has 4 nitrogen and oxygen atoms in total. The number of ether oxygens (including phenoxy) is 1. The number of nitrogens with two attached hydrogens (primary N) is 1. The van der Waals surface area contributed by atoms with Crippen molar-refractivity contribution >= 4 is 17.3 Å². The zero-order valence-electron chi connectivity index (χ0n) is 11.8. The lowest BCUT2D eigenvalue weighted by atomic mass is 10.0. The molecule has 0 saturated carbocycles. The summed E-state index contributed by atoms with van der Waals surface area (Å²) < 4.78 is 5.65. The number of aliphatic imine (C=N–C) groups is 1. The minimum absolute atomic E-state index is 0.181. The van der Waals surface area contributed by atoms with Gasteiger partial charge in [0.1, 0.15) is 5.75 Å². The summed E-state index contributed by atoms with van der Waals surface area (Å²) in [5.74, 6) is 1.45. The highest BCUT2D eigenvalue weighted by molar-refractivity contribution is 7.09. The van der Waals surface area contributed by atoms with Gasteiger partial charge in [-0.2, -0.15) is 0 Å². The van der Waals surface area contributed by atoms with Gasteiger partial charge in [-0.25, -0.2) is 0 Å². The van der Waals surface area contributed by atoms with Crippen molar-refractivity contribution in [3.05, 3.63) is 52.2 Å². The largest absolute Gasteiger partial charge is 0.493 e. The number of para-hydroxylation sites is 1. The number of hydrogen-bond donors (Lipinski definition) is 2. The van der Waals surface area contributed by atoms with Gasteiger partial charge >= 0.3 is 0 Å². The predicted molar refractivity (Wildman–Crippen MR) is 86.9 cm³/mol. The van der Waals surface area contributed by atoms with Crippen molar-refractivity contribution in [2.24, 2.45) is 10.7 Å². The second-order valence-corrected chi connectivity index (χ2v) is 6.00. The molecule has 110 valence electrons. The third kappa shape index (κ3) is 3.55. The van der Waals surface area contributed by atoms with Crippen LogP contribution in [0.4, 0.5) is 0 Å². The van der Waals surface area contributed by atoms with Crippen molar-refractivity contribution in [3.63, 3.8) is 0 Å². The van der Waals surface area contributed by atoms with E-state index in [9.17, 15) is 0 Å². The molecule has 3 N–H and O–H groups in total. The normalized spacial score (nSPS) is 17.9. The fourth-order valence-corrected chi connectivity index (χ4v) is 3.16. The van der Waals surface area contributed by atoms with Crippen LogP contribution < -0.4 is 15.8 Å². The van der Waals surface area contributed by atoms with Crippen LogP contribution in [0, 0.1) is 0 Å². The number of thiophene rings is 1. The second-order valence-electron chi connectivity index (χ2n) is 4.97. The molecule has 1 aromatic carbocycles. The average Bonchev–Trinajstić information content (AvgIpc) is 3.01. The number of nitrogens with zero attached hydrogens (tertiary/aromatic N) is 1. The SMILES string of the molecule is NC(=NCCc1cccs1)NC1CCOc2ccccc21. The van der Waals surface area contributed by atoms with Gasteiger partial charge in [-0.15, -0.1) is 11.3 Å². The molecule has 0 radical (unpaired) electrons. The van der Waals surface area contributed by atoms with E-state index in [1.165, 1.54) is 4.88 Å². The Hall–Kier alpha value is -2.01. The Morgan fingerprint density at radius 1 is 1.33 bits per heavy atom. The van der Waals surface area contributed by atoms with Crippen LogP contribution in [0.15, 0.2) is 46.8 Å². The van der Waals surface area contributed by atoms with Gasteiger partial charge in [-0.3, -0.25) is 4.99 Å². The molecule has 0 aliphatic carbocycles. The van der Waals surface area contributed by atoms with Crippen LogP contribution >= 0.6 is 11.3 Å². The van der Waals surface area contributed by atoms with Gasteiger partial charge in [-0.1, -0.05) is 24.3 Å². The first kappa shape index (κ1) is 13.9. The van der Waals surface area contributed by atoms with E-state index in [0.717, 1.165) is 24.2 Å². The molecule has 0 fully saturated rings. The van der Waals surface area contributed by atoms with Crippen molar-refractivity contribution in [2.75, 3.05) is 13.2 Å². The molecule has 1 aliphatic rings. The minimum atomic E-state index is 0.181. The standard InChI is InChI=1S/C16H19N3OS/c17-16(18-9-7-12-4-3-11-21-12)19-14-8-10-20-15-6-2-1-5-13(14)15/h1-6,11,14H,7-10H2,(H3,17,18,19).